The highest BCUT2D eigenvalue weighted by Gasteiger charge is 2.42. The van der Waals surface area contributed by atoms with Crippen molar-refractivity contribution in [2.75, 3.05) is 13.1 Å². The number of carbonyl (C=O) groups is 2. The van der Waals surface area contributed by atoms with E-state index in [1.54, 1.807) is 4.90 Å². The van der Waals surface area contributed by atoms with Crippen LogP contribution in [0.25, 0.3) is 0 Å². The van der Waals surface area contributed by atoms with Crippen LogP contribution < -0.4 is 5.32 Å². The molecule has 1 atom stereocenters. The highest BCUT2D eigenvalue weighted by atomic mass is 19.1. The Morgan fingerprint density at radius 3 is 2.52 bits per heavy atom. The van der Waals surface area contributed by atoms with Crippen molar-refractivity contribution < 1.29 is 14.0 Å². The minimum atomic E-state index is -0.793. The first-order valence-electron chi connectivity index (χ1n) is 9.18. The van der Waals surface area contributed by atoms with Crippen LogP contribution >= 0.6 is 0 Å². The molecule has 2 aromatic rings. The summed E-state index contributed by atoms with van der Waals surface area (Å²) >= 11 is 0. The third-order valence-corrected chi connectivity index (χ3v) is 4.56. The molecule has 1 unspecified atom stereocenters. The van der Waals surface area contributed by atoms with Crippen molar-refractivity contribution >= 4 is 11.8 Å². The smallest absolute Gasteiger partial charge is 0.255 e. The molecule has 1 aliphatic rings. The molecular formula is C22H25FN2O2. The van der Waals surface area contributed by atoms with Gasteiger partial charge in [-0.3, -0.25) is 9.59 Å². The molecule has 0 aliphatic carbocycles. The van der Waals surface area contributed by atoms with Crippen molar-refractivity contribution in [1.82, 2.24) is 10.2 Å². The van der Waals surface area contributed by atoms with Crippen molar-refractivity contribution in [2.45, 2.75) is 33.2 Å². The van der Waals surface area contributed by atoms with Crippen LogP contribution in [-0.4, -0.2) is 29.8 Å². The summed E-state index contributed by atoms with van der Waals surface area (Å²) in [5.41, 5.74) is 1.79. The molecule has 0 saturated heterocycles. The van der Waals surface area contributed by atoms with E-state index in [0.29, 0.717) is 30.6 Å². The highest BCUT2D eigenvalue weighted by molar-refractivity contribution is 6.04. The van der Waals surface area contributed by atoms with Crippen molar-refractivity contribution in [3.63, 3.8) is 0 Å². The van der Waals surface area contributed by atoms with Crippen molar-refractivity contribution in [1.29, 1.82) is 0 Å². The van der Waals surface area contributed by atoms with E-state index in [1.165, 1.54) is 18.2 Å². The lowest BCUT2D eigenvalue weighted by Crippen LogP contribution is -2.43. The van der Waals surface area contributed by atoms with Gasteiger partial charge in [0, 0.05) is 18.7 Å². The number of hydrogen-bond acceptors (Lipinski definition) is 2. The summed E-state index contributed by atoms with van der Waals surface area (Å²) in [7, 11) is 0. The van der Waals surface area contributed by atoms with Gasteiger partial charge >= 0.3 is 0 Å². The van der Waals surface area contributed by atoms with Gasteiger partial charge in [0.05, 0.1) is 0 Å². The third-order valence-electron chi connectivity index (χ3n) is 4.56. The molecule has 0 fully saturated rings. The summed E-state index contributed by atoms with van der Waals surface area (Å²) in [4.78, 5) is 27.3. The van der Waals surface area contributed by atoms with Crippen LogP contribution in [-0.2, 0) is 11.2 Å². The Morgan fingerprint density at radius 1 is 1.15 bits per heavy atom. The number of benzene rings is 2. The van der Waals surface area contributed by atoms with Crippen molar-refractivity contribution in [3.05, 3.63) is 71.0 Å². The van der Waals surface area contributed by atoms with E-state index in [1.807, 2.05) is 51.1 Å². The number of rotatable bonds is 5. The van der Waals surface area contributed by atoms with Crippen LogP contribution in [0.2, 0.25) is 0 Å². The van der Waals surface area contributed by atoms with E-state index in [-0.39, 0.29) is 17.2 Å². The number of halogens is 1. The molecule has 0 saturated carbocycles. The van der Waals surface area contributed by atoms with Gasteiger partial charge in [-0.1, -0.05) is 51.1 Å². The quantitative estimate of drug-likeness (QED) is 0.874. The zero-order valence-corrected chi connectivity index (χ0v) is 16.0. The van der Waals surface area contributed by atoms with Crippen LogP contribution in [0.3, 0.4) is 0 Å². The zero-order valence-electron chi connectivity index (χ0n) is 16.0. The fourth-order valence-electron chi connectivity index (χ4n) is 3.42. The average Bonchev–Trinajstić information content (AvgIpc) is 2.85. The molecule has 1 aliphatic heterocycles. The summed E-state index contributed by atoms with van der Waals surface area (Å²) in [5.74, 6) is -0.933. The SMILES string of the molecule is CC(C)(C)CN1C(=O)c2ccc(F)cc2C1C(=O)NCCc1ccccc1. The second kappa shape index (κ2) is 7.51. The fourth-order valence-corrected chi connectivity index (χ4v) is 3.42. The molecular weight excluding hydrogens is 343 g/mol. The van der Waals surface area contributed by atoms with E-state index < -0.39 is 11.9 Å². The molecule has 27 heavy (non-hydrogen) atoms. The molecule has 142 valence electrons. The summed E-state index contributed by atoms with van der Waals surface area (Å²) in [5, 5.41) is 2.91. The maximum atomic E-state index is 13.8. The van der Waals surface area contributed by atoms with Crippen LogP contribution in [0.15, 0.2) is 48.5 Å². The second-order valence-corrected chi connectivity index (χ2v) is 8.15. The van der Waals surface area contributed by atoms with Crippen LogP contribution in [0.4, 0.5) is 4.39 Å². The predicted molar refractivity (Wildman–Crippen MR) is 103 cm³/mol. The monoisotopic (exact) mass is 368 g/mol. The van der Waals surface area contributed by atoms with Crippen molar-refractivity contribution in [3.8, 4) is 0 Å². The van der Waals surface area contributed by atoms with Gasteiger partial charge < -0.3 is 10.2 Å². The third kappa shape index (κ3) is 4.35. The second-order valence-electron chi connectivity index (χ2n) is 8.15. The van der Waals surface area contributed by atoms with Crippen LogP contribution in [0.1, 0.15) is 48.3 Å². The molecule has 5 heteroatoms. The topological polar surface area (TPSA) is 49.4 Å². The average molecular weight is 368 g/mol. The Morgan fingerprint density at radius 2 is 1.85 bits per heavy atom. The summed E-state index contributed by atoms with van der Waals surface area (Å²) in [6, 6.07) is 13.1. The van der Waals surface area contributed by atoms with Crippen LogP contribution in [0.5, 0.6) is 0 Å². The van der Waals surface area contributed by atoms with Gasteiger partial charge in [-0.2, -0.15) is 0 Å². The summed E-state index contributed by atoms with van der Waals surface area (Å²) in [6.07, 6.45) is 0.697. The lowest BCUT2D eigenvalue weighted by Gasteiger charge is -2.31. The number of amides is 2. The maximum Gasteiger partial charge on any atom is 0.255 e. The number of fused-ring (bicyclic) bond motifs is 1. The Bertz CT molecular complexity index is 843. The summed E-state index contributed by atoms with van der Waals surface area (Å²) < 4.78 is 13.8. The molecule has 0 spiro atoms. The minimum Gasteiger partial charge on any atom is -0.354 e. The number of nitrogens with one attached hydrogen (secondary N) is 1. The van der Waals surface area contributed by atoms with E-state index in [9.17, 15) is 14.0 Å². The van der Waals surface area contributed by atoms with E-state index >= 15 is 0 Å². The molecule has 0 radical (unpaired) electrons. The molecule has 2 aromatic carbocycles. The number of hydrogen-bond donors (Lipinski definition) is 1. The normalized spacial score (nSPS) is 16.4. The molecule has 1 N–H and O–H groups in total. The molecule has 0 bridgehead atoms. The van der Waals surface area contributed by atoms with Gasteiger partial charge in [0.2, 0.25) is 5.91 Å². The molecule has 0 aromatic heterocycles. The van der Waals surface area contributed by atoms with Gasteiger partial charge in [-0.05, 0) is 41.2 Å². The lowest BCUT2D eigenvalue weighted by molar-refractivity contribution is -0.125. The largest absolute Gasteiger partial charge is 0.354 e. The zero-order chi connectivity index (χ0) is 19.6. The van der Waals surface area contributed by atoms with E-state index in [0.717, 1.165) is 5.56 Å². The van der Waals surface area contributed by atoms with Gasteiger partial charge in [0.25, 0.3) is 5.91 Å². The standard InChI is InChI=1S/C22H25FN2O2/c1-22(2,3)14-25-19(18-13-16(23)9-10-17(18)21(25)27)20(26)24-12-11-15-7-5-4-6-8-15/h4-10,13,19H,11-12,14H2,1-3H3,(H,24,26). The first-order chi connectivity index (χ1) is 12.8. The predicted octanol–water partition coefficient (Wildman–Crippen LogP) is 3.73. The molecule has 3 rings (SSSR count). The van der Waals surface area contributed by atoms with Gasteiger partial charge in [0.1, 0.15) is 11.9 Å². The lowest BCUT2D eigenvalue weighted by atomic mass is 9.95. The number of carbonyl (C=O) groups excluding carboxylic acids is 2. The Kier molecular flexibility index (Phi) is 5.31. The van der Waals surface area contributed by atoms with Gasteiger partial charge in [-0.25, -0.2) is 4.39 Å². The summed E-state index contributed by atoms with van der Waals surface area (Å²) in [6.45, 7) is 6.90. The van der Waals surface area contributed by atoms with E-state index in [2.05, 4.69) is 5.32 Å². The van der Waals surface area contributed by atoms with Crippen molar-refractivity contribution in [2.24, 2.45) is 5.41 Å². The maximum absolute atomic E-state index is 13.8. The van der Waals surface area contributed by atoms with Crippen LogP contribution in [0, 0.1) is 11.2 Å². The van der Waals surface area contributed by atoms with E-state index in [4.69, 9.17) is 0 Å². The van der Waals surface area contributed by atoms with Gasteiger partial charge in [0.15, 0.2) is 0 Å². The first kappa shape index (κ1) is 19.1. The Hall–Kier alpha value is -2.69. The van der Waals surface area contributed by atoms with Gasteiger partial charge in [-0.15, -0.1) is 0 Å². The molecule has 2 amide bonds. The highest BCUT2D eigenvalue weighted by Crippen LogP contribution is 2.36. The molecule has 1 heterocycles. The minimum absolute atomic E-state index is 0.182. The fraction of sp³-hybridized carbons (Fsp3) is 0.364. The molecule has 4 nitrogen and oxygen atoms in total. The first-order valence-corrected chi connectivity index (χ1v) is 9.18. The number of nitrogens with zero attached hydrogens (tertiary/aromatic N) is 1. The Labute approximate surface area is 159 Å². The Balaban J connectivity index is 1.79.